The second-order valence-corrected chi connectivity index (χ2v) is 8.79. The van der Waals surface area contributed by atoms with Crippen LogP contribution in [-0.2, 0) is 6.42 Å². The molecule has 0 radical (unpaired) electrons. The topological polar surface area (TPSA) is 84.0 Å². The first-order valence-electron chi connectivity index (χ1n) is 9.83. The Balaban J connectivity index is 1.68. The van der Waals surface area contributed by atoms with Gasteiger partial charge in [0.2, 0.25) is 5.13 Å². The summed E-state index contributed by atoms with van der Waals surface area (Å²) in [5, 5.41) is 19.3. The smallest absolute Gasteiger partial charge is 0.345 e. The summed E-state index contributed by atoms with van der Waals surface area (Å²) in [6, 6.07) is 6.14. The van der Waals surface area contributed by atoms with Crippen molar-refractivity contribution < 1.29 is 4.92 Å². The van der Waals surface area contributed by atoms with Gasteiger partial charge in [-0.15, -0.1) is 10.2 Å². The van der Waals surface area contributed by atoms with Crippen molar-refractivity contribution in [1.82, 2.24) is 4.98 Å². The summed E-state index contributed by atoms with van der Waals surface area (Å²) in [5.41, 5.74) is 3.40. The second kappa shape index (κ2) is 8.77. The molecule has 1 aliphatic rings. The zero-order valence-electron chi connectivity index (χ0n) is 16.7. The highest BCUT2D eigenvalue weighted by Gasteiger charge is 2.35. The molecule has 3 rings (SSSR count). The lowest BCUT2D eigenvalue weighted by molar-refractivity contribution is -0.380. The first kappa shape index (κ1) is 20.4. The SMILES string of the molecule is CCCCCCCN1c2ccc(N=Nc3ncc([N+](=O)[O-])s3)cc2CC1(C)C. The van der Waals surface area contributed by atoms with Crippen LogP contribution in [0.5, 0.6) is 0 Å². The number of fused-ring (bicyclic) bond motifs is 1. The highest BCUT2D eigenvalue weighted by atomic mass is 32.1. The van der Waals surface area contributed by atoms with E-state index in [-0.39, 0.29) is 10.5 Å². The molecule has 0 atom stereocenters. The zero-order valence-corrected chi connectivity index (χ0v) is 17.5. The van der Waals surface area contributed by atoms with Crippen LogP contribution >= 0.6 is 11.3 Å². The largest absolute Gasteiger partial charge is 0.366 e. The second-order valence-electron chi connectivity index (χ2n) is 7.81. The minimum Gasteiger partial charge on any atom is -0.366 e. The van der Waals surface area contributed by atoms with Crippen LogP contribution in [0.25, 0.3) is 0 Å². The van der Waals surface area contributed by atoms with Crippen molar-refractivity contribution in [1.29, 1.82) is 0 Å². The minimum absolute atomic E-state index is 0.0285. The molecule has 0 saturated heterocycles. The minimum atomic E-state index is -0.467. The van der Waals surface area contributed by atoms with Gasteiger partial charge in [-0.05, 0) is 61.8 Å². The molecular weight excluding hydrogens is 374 g/mol. The van der Waals surface area contributed by atoms with E-state index in [1.807, 2.05) is 6.07 Å². The number of nitrogens with zero attached hydrogens (tertiary/aromatic N) is 5. The average molecular weight is 402 g/mol. The number of unbranched alkanes of at least 4 members (excludes halogenated alkanes) is 4. The standard InChI is InChI=1S/C20H27N5O2S/c1-4-5-6-7-8-11-24-17-10-9-16(12-15(17)13-20(24,2)3)22-23-19-21-14-18(28-19)25(26)27/h9-10,12,14H,4-8,11,13H2,1-3H3. The van der Waals surface area contributed by atoms with Crippen molar-refractivity contribution in [2.45, 2.75) is 64.8 Å². The number of aromatic nitrogens is 1. The quantitative estimate of drug-likeness (QED) is 0.206. The van der Waals surface area contributed by atoms with Crippen LogP contribution in [0.15, 0.2) is 34.6 Å². The van der Waals surface area contributed by atoms with E-state index in [4.69, 9.17) is 0 Å². The van der Waals surface area contributed by atoms with Gasteiger partial charge in [0.25, 0.3) is 0 Å². The molecule has 1 aliphatic heterocycles. The maximum Gasteiger partial charge on any atom is 0.345 e. The lowest BCUT2D eigenvalue weighted by atomic mass is 9.99. The maximum absolute atomic E-state index is 10.7. The van der Waals surface area contributed by atoms with E-state index in [1.54, 1.807) is 0 Å². The fourth-order valence-electron chi connectivity index (χ4n) is 3.71. The number of hydrogen-bond acceptors (Lipinski definition) is 7. The van der Waals surface area contributed by atoms with Crippen molar-refractivity contribution in [2.24, 2.45) is 10.2 Å². The van der Waals surface area contributed by atoms with Crippen LogP contribution in [0.2, 0.25) is 0 Å². The van der Waals surface area contributed by atoms with E-state index >= 15 is 0 Å². The molecule has 8 heteroatoms. The number of rotatable bonds is 9. The predicted octanol–water partition coefficient (Wildman–Crippen LogP) is 6.58. The van der Waals surface area contributed by atoms with Crippen LogP contribution in [0.3, 0.4) is 0 Å². The van der Waals surface area contributed by atoms with E-state index in [2.05, 4.69) is 53.0 Å². The molecule has 0 bridgehead atoms. The fourth-order valence-corrected chi connectivity index (χ4v) is 4.27. The molecular formula is C20H27N5O2S. The third-order valence-electron chi connectivity index (χ3n) is 5.11. The van der Waals surface area contributed by atoms with Crippen LogP contribution in [0.4, 0.5) is 21.5 Å². The number of thiazole rings is 1. The van der Waals surface area contributed by atoms with Crippen LogP contribution in [0.1, 0.15) is 58.4 Å². The van der Waals surface area contributed by atoms with Crippen molar-refractivity contribution in [3.8, 4) is 0 Å². The van der Waals surface area contributed by atoms with Gasteiger partial charge in [-0.25, -0.2) is 4.98 Å². The van der Waals surface area contributed by atoms with E-state index in [0.717, 1.165) is 30.0 Å². The van der Waals surface area contributed by atoms with Crippen molar-refractivity contribution in [3.63, 3.8) is 0 Å². The average Bonchev–Trinajstić information content (AvgIpc) is 3.21. The normalized spacial score (nSPS) is 15.3. The Morgan fingerprint density at radius 2 is 2.04 bits per heavy atom. The molecule has 0 amide bonds. The van der Waals surface area contributed by atoms with Gasteiger partial charge >= 0.3 is 5.00 Å². The number of nitro groups is 1. The molecule has 2 heterocycles. The Morgan fingerprint density at radius 1 is 1.25 bits per heavy atom. The van der Waals surface area contributed by atoms with Crippen LogP contribution < -0.4 is 4.90 Å². The van der Waals surface area contributed by atoms with Crippen molar-refractivity contribution in [2.75, 3.05) is 11.4 Å². The van der Waals surface area contributed by atoms with Crippen molar-refractivity contribution >= 4 is 32.8 Å². The summed E-state index contributed by atoms with van der Waals surface area (Å²) in [7, 11) is 0. The molecule has 1 aromatic carbocycles. The number of hydrogen-bond donors (Lipinski definition) is 0. The Hall–Kier alpha value is -2.35. The summed E-state index contributed by atoms with van der Waals surface area (Å²) in [5.74, 6) is 0. The van der Waals surface area contributed by atoms with Gasteiger partial charge in [0.1, 0.15) is 6.20 Å². The van der Waals surface area contributed by atoms with Crippen LogP contribution in [0, 0.1) is 10.1 Å². The van der Waals surface area contributed by atoms with Gasteiger partial charge in [0.05, 0.1) is 10.6 Å². The molecule has 28 heavy (non-hydrogen) atoms. The zero-order chi connectivity index (χ0) is 20.1. The lowest BCUT2D eigenvalue weighted by Crippen LogP contribution is -2.41. The van der Waals surface area contributed by atoms with Gasteiger partial charge < -0.3 is 4.90 Å². The van der Waals surface area contributed by atoms with Gasteiger partial charge in [-0.3, -0.25) is 10.1 Å². The molecule has 0 unspecified atom stereocenters. The molecule has 150 valence electrons. The highest BCUT2D eigenvalue weighted by molar-refractivity contribution is 7.18. The van der Waals surface area contributed by atoms with Gasteiger partial charge in [0.15, 0.2) is 0 Å². The molecule has 7 nitrogen and oxygen atoms in total. The van der Waals surface area contributed by atoms with E-state index < -0.39 is 4.92 Å². The first-order chi connectivity index (χ1) is 13.4. The summed E-state index contributed by atoms with van der Waals surface area (Å²) >= 11 is 0.922. The Kier molecular flexibility index (Phi) is 6.39. The Labute approximate surface area is 169 Å². The van der Waals surface area contributed by atoms with Crippen molar-refractivity contribution in [3.05, 3.63) is 40.1 Å². The molecule has 0 N–H and O–H groups in total. The van der Waals surface area contributed by atoms with Crippen LogP contribution in [-0.4, -0.2) is 22.0 Å². The van der Waals surface area contributed by atoms with E-state index in [1.165, 1.54) is 49.6 Å². The monoisotopic (exact) mass is 401 g/mol. The summed E-state index contributed by atoms with van der Waals surface area (Å²) in [6.07, 6.45) is 8.58. The molecule has 0 saturated carbocycles. The third-order valence-corrected chi connectivity index (χ3v) is 5.94. The fraction of sp³-hybridized carbons (Fsp3) is 0.550. The molecule has 0 fully saturated rings. The molecule has 0 aliphatic carbocycles. The Morgan fingerprint density at radius 3 is 2.75 bits per heavy atom. The highest BCUT2D eigenvalue weighted by Crippen LogP contribution is 2.41. The number of anilines is 1. The number of benzene rings is 1. The maximum atomic E-state index is 10.7. The third kappa shape index (κ3) is 4.73. The molecule has 0 spiro atoms. The molecule has 1 aromatic heterocycles. The van der Waals surface area contributed by atoms with Gasteiger partial charge in [-0.1, -0.05) is 32.6 Å². The number of azo groups is 1. The predicted molar refractivity (Wildman–Crippen MR) is 113 cm³/mol. The molecule has 2 aromatic rings. The summed E-state index contributed by atoms with van der Waals surface area (Å²) in [6.45, 7) is 7.89. The summed E-state index contributed by atoms with van der Waals surface area (Å²) < 4.78 is 0. The van der Waals surface area contributed by atoms with Gasteiger partial charge in [0, 0.05) is 17.8 Å². The lowest BCUT2D eigenvalue weighted by Gasteiger charge is -2.34. The Bertz CT molecular complexity index is 862. The van der Waals surface area contributed by atoms with E-state index in [9.17, 15) is 10.1 Å². The van der Waals surface area contributed by atoms with Gasteiger partial charge in [-0.2, -0.15) is 0 Å². The summed E-state index contributed by atoms with van der Waals surface area (Å²) in [4.78, 5) is 16.7. The van der Waals surface area contributed by atoms with E-state index in [0.29, 0.717) is 5.13 Å². The first-order valence-corrected chi connectivity index (χ1v) is 10.6.